The van der Waals surface area contributed by atoms with Gasteiger partial charge in [-0.05, 0) is 43.0 Å². The molecule has 0 atom stereocenters. The molecule has 0 bridgehead atoms. The molecule has 2 aromatic rings. The molecule has 0 aliphatic heterocycles. The lowest BCUT2D eigenvalue weighted by molar-refractivity contribution is 0.0827. The van der Waals surface area contributed by atoms with Crippen LogP contribution in [-0.4, -0.2) is 44.0 Å². The highest BCUT2D eigenvalue weighted by molar-refractivity contribution is 14.0. The molecule has 2 aromatic carbocycles. The van der Waals surface area contributed by atoms with E-state index in [-0.39, 0.29) is 29.9 Å². The van der Waals surface area contributed by atoms with Crippen LogP contribution in [0.25, 0.3) is 0 Å². The van der Waals surface area contributed by atoms with Crippen LogP contribution in [0.3, 0.4) is 0 Å². The van der Waals surface area contributed by atoms with E-state index >= 15 is 0 Å². The highest BCUT2D eigenvalue weighted by Crippen LogP contribution is 2.07. The Morgan fingerprint density at radius 1 is 0.964 bits per heavy atom. The molecular weight excluding hydrogens is 463 g/mol. The van der Waals surface area contributed by atoms with E-state index in [2.05, 4.69) is 46.8 Å². The third-order valence-electron chi connectivity index (χ3n) is 4.15. The van der Waals surface area contributed by atoms with Gasteiger partial charge in [0.15, 0.2) is 5.96 Å². The number of carbonyl (C=O) groups is 1. The van der Waals surface area contributed by atoms with E-state index in [0.29, 0.717) is 12.1 Å². The summed E-state index contributed by atoms with van der Waals surface area (Å²) in [5, 5.41) is 6.66. The van der Waals surface area contributed by atoms with Crippen LogP contribution in [0.4, 0.5) is 0 Å². The third-order valence-corrected chi connectivity index (χ3v) is 4.15. The van der Waals surface area contributed by atoms with Gasteiger partial charge in [0.1, 0.15) is 0 Å². The van der Waals surface area contributed by atoms with E-state index in [0.717, 1.165) is 37.5 Å². The van der Waals surface area contributed by atoms with Crippen molar-refractivity contribution in [2.24, 2.45) is 4.99 Å². The van der Waals surface area contributed by atoms with Crippen LogP contribution in [0.5, 0.6) is 0 Å². The first kappa shape index (κ1) is 23.9. The number of nitrogens with one attached hydrogen (secondary N) is 2. The van der Waals surface area contributed by atoms with E-state index < -0.39 is 0 Å². The van der Waals surface area contributed by atoms with Crippen molar-refractivity contribution in [3.05, 3.63) is 71.3 Å². The number of guanidine groups is 1. The van der Waals surface area contributed by atoms with Gasteiger partial charge >= 0.3 is 0 Å². The van der Waals surface area contributed by atoms with Gasteiger partial charge in [0.2, 0.25) is 0 Å². The Labute approximate surface area is 185 Å². The average molecular weight is 494 g/mol. The number of rotatable bonds is 8. The second kappa shape index (κ2) is 13.1. The van der Waals surface area contributed by atoms with Gasteiger partial charge in [-0.3, -0.25) is 4.79 Å². The molecule has 6 heteroatoms. The van der Waals surface area contributed by atoms with Gasteiger partial charge < -0.3 is 15.5 Å². The number of amides is 1. The van der Waals surface area contributed by atoms with Crippen molar-refractivity contribution in [2.75, 3.05) is 27.2 Å². The maximum Gasteiger partial charge on any atom is 0.253 e. The molecule has 0 radical (unpaired) electrons. The molecule has 0 unspecified atom stereocenters. The maximum atomic E-state index is 11.9. The first-order chi connectivity index (χ1) is 13.1. The normalized spacial score (nSPS) is 10.8. The Morgan fingerprint density at radius 3 is 2.25 bits per heavy atom. The molecule has 2 N–H and O–H groups in total. The van der Waals surface area contributed by atoms with Crippen LogP contribution in [0, 0.1) is 0 Å². The lowest BCUT2D eigenvalue weighted by Crippen LogP contribution is -2.37. The molecule has 152 valence electrons. The summed E-state index contributed by atoms with van der Waals surface area (Å²) in [7, 11) is 3.51. The van der Waals surface area contributed by atoms with Crippen LogP contribution in [0.2, 0.25) is 0 Å². The minimum atomic E-state index is 0. The van der Waals surface area contributed by atoms with Crippen molar-refractivity contribution in [3.8, 4) is 0 Å². The summed E-state index contributed by atoms with van der Waals surface area (Å²) in [6, 6.07) is 18.1. The van der Waals surface area contributed by atoms with Gasteiger partial charge in [0.25, 0.3) is 5.91 Å². The monoisotopic (exact) mass is 494 g/mol. The Morgan fingerprint density at radius 2 is 1.64 bits per heavy atom. The number of halogens is 1. The number of carbonyl (C=O) groups excluding carboxylic acids is 1. The van der Waals surface area contributed by atoms with Gasteiger partial charge in [-0.1, -0.05) is 42.5 Å². The zero-order chi connectivity index (χ0) is 19.5. The largest absolute Gasteiger partial charge is 0.357 e. The predicted octanol–water partition coefficient (Wildman–Crippen LogP) is 3.69. The van der Waals surface area contributed by atoms with Gasteiger partial charge in [0, 0.05) is 32.7 Å². The minimum Gasteiger partial charge on any atom is -0.357 e. The number of nitrogens with zero attached hydrogens (tertiary/aromatic N) is 2. The lowest BCUT2D eigenvalue weighted by atomic mass is 10.1. The molecule has 0 saturated heterocycles. The Kier molecular flexibility index (Phi) is 11.2. The molecule has 1 amide bonds. The maximum absolute atomic E-state index is 11.9. The second-order valence-corrected chi connectivity index (χ2v) is 6.61. The molecule has 0 spiro atoms. The van der Waals surface area contributed by atoms with Crippen molar-refractivity contribution >= 4 is 35.8 Å². The molecule has 28 heavy (non-hydrogen) atoms. The van der Waals surface area contributed by atoms with E-state index in [1.54, 1.807) is 19.0 Å². The highest BCUT2D eigenvalue weighted by atomic mass is 127. The summed E-state index contributed by atoms with van der Waals surface area (Å²) in [5.41, 5.74) is 3.12. The fourth-order valence-electron chi connectivity index (χ4n) is 2.67. The van der Waals surface area contributed by atoms with E-state index in [9.17, 15) is 4.79 Å². The van der Waals surface area contributed by atoms with Gasteiger partial charge in [-0.25, -0.2) is 4.99 Å². The highest BCUT2D eigenvalue weighted by Gasteiger charge is 2.07. The van der Waals surface area contributed by atoms with Gasteiger partial charge in [0.05, 0.1) is 6.54 Å². The van der Waals surface area contributed by atoms with Crippen LogP contribution in [0.15, 0.2) is 59.6 Å². The van der Waals surface area contributed by atoms with Gasteiger partial charge in [-0.2, -0.15) is 0 Å². The van der Waals surface area contributed by atoms with E-state index in [1.165, 1.54) is 5.56 Å². The summed E-state index contributed by atoms with van der Waals surface area (Å²) < 4.78 is 0. The first-order valence-electron chi connectivity index (χ1n) is 9.47. The molecule has 5 nitrogen and oxygen atoms in total. The fraction of sp³-hybridized carbons (Fsp3) is 0.364. The van der Waals surface area contributed by atoms with Crippen LogP contribution < -0.4 is 10.6 Å². The molecule has 0 aromatic heterocycles. The van der Waals surface area contributed by atoms with Crippen LogP contribution in [-0.2, 0) is 13.0 Å². The summed E-state index contributed by atoms with van der Waals surface area (Å²) in [4.78, 5) is 18.2. The zero-order valence-corrected chi connectivity index (χ0v) is 19.3. The third kappa shape index (κ3) is 8.29. The van der Waals surface area contributed by atoms with Crippen molar-refractivity contribution in [2.45, 2.75) is 26.3 Å². The van der Waals surface area contributed by atoms with Crippen LogP contribution in [0.1, 0.15) is 34.8 Å². The summed E-state index contributed by atoms with van der Waals surface area (Å²) in [6.07, 6.45) is 2.10. The number of benzene rings is 2. The molecule has 0 fully saturated rings. The molecule has 2 rings (SSSR count). The quantitative estimate of drug-likeness (QED) is 0.255. The molecule has 0 aliphatic rings. The van der Waals surface area contributed by atoms with E-state index in [4.69, 9.17) is 0 Å². The van der Waals surface area contributed by atoms with Crippen molar-refractivity contribution in [1.82, 2.24) is 15.5 Å². The molecule has 0 saturated carbocycles. The standard InChI is InChI=1S/C22H30N4O.HI/c1-4-23-22(24-16-8-11-18-9-6-5-7-10-18)25-17-19-12-14-20(15-13-19)21(27)26(2)3;/h5-7,9-10,12-15H,4,8,11,16-17H2,1-3H3,(H2,23,24,25);1H. The minimum absolute atomic E-state index is 0. The summed E-state index contributed by atoms with van der Waals surface area (Å²) in [5.74, 6) is 0.831. The number of hydrogen-bond acceptors (Lipinski definition) is 2. The zero-order valence-electron chi connectivity index (χ0n) is 16.9. The second-order valence-electron chi connectivity index (χ2n) is 6.61. The fourth-order valence-corrected chi connectivity index (χ4v) is 2.67. The Bertz CT molecular complexity index is 730. The number of aliphatic imine (C=N–C) groups is 1. The van der Waals surface area contributed by atoms with Gasteiger partial charge in [-0.15, -0.1) is 24.0 Å². The number of hydrogen-bond donors (Lipinski definition) is 2. The SMILES string of the molecule is CCNC(=NCc1ccc(C(=O)N(C)C)cc1)NCCCc1ccccc1.I. The molecular formula is C22H31IN4O. The summed E-state index contributed by atoms with van der Waals surface area (Å²) >= 11 is 0. The first-order valence-corrected chi connectivity index (χ1v) is 9.47. The van der Waals surface area contributed by atoms with Crippen molar-refractivity contribution in [3.63, 3.8) is 0 Å². The van der Waals surface area contributed by atoms with Crippen molar-refractivity contribution in [1.29, 1.82) is 0 Å². The molecule has 0 heterocycles. The van der Waals surface area contributed by atoms with E-state index in [1.807, 2.05) is 30.3 Å². The van der Waals surface area contributed by atoms with Crippen LogP contribution >= 0.6 is 24.0 Å². The number of aryl methyl sites for hydroxylation is 1. The lowest BCUT2D eigenvalue weighted by Gasteiger charge is -2.12. The topological polar surface area (TPSA) is 56.7 Å². The Balaban J connectivity index is 0.00000392. The predicted molar refractivity (Wildman–Crippen MR) is 127 cm³/mol. The molecule has 0 aliphatic carbocycles. The van der Waals surface area contributed by atoms with Crippen molar-refractivity contribution < 1.29 is 4.79 Å². The summed E-state index contributed by atoms with van der Waals surface area (Å²) in [6.45, 7) is 4.32. The Hall–Kier alpha value is -2.09. The smallest absolute Gasteiger partial charge is 0.253 e. The average Bonchev–Trinajstić information content (AvgIpc) is 2.69.